The van der Waals surface area contributed by atoms with Crippen molar-refractivity contribution in [2.75, 3.05) is 18.1 Å². The third-order valence-electron chi connectivity index (χ3n) is 2.71. The van der Waals surface area contributed by atoms with E-state index in [2.05, 4.69) is 5.32 Å². The number of carbonyl (C=O) groups excluding carboxylic acids is 1. The second-order valence-corrected chi connectivity index (χ2v) is 6.61. The number of hydrogen-bond donors (Lipinski definition) is 2. The van der Waals surface area contributed by atoms with Crippen LogP contribution in [0.1, 0.15) is 33.6 Å². The van der Waals surface area contributed by atoms with Crippen molar-refractivity contribution < 1.29 is 14.6 Å². The van der Waals surface area contributed by atoms with Crippen molar-refractivity contribution in [2.45, 2.75) is 45.3 Å². The molecule has 2 N–H and O–H groups in total. The van der Waals surface area contributed by atoms with Crippen LogP contribution in [0.4, 0.5) is 4.79 Å². The molecular weight excluding hydrogens is 238 g/mol. The van der Waals surface area contributed by atoms with Gasteiger partial charge in [-0.05, 0) is 45.1 Å². The van der Waals surface area contributed by atoms with Gasteiger partial charge in [-0.3, -0.25) is 0 Å². The van der Waals surface area contributed by atoms with Gasteiger partial charge in [-0.1, -0.05) is 0 Å². The zero-order valence-corrected chi connectivity index (χ0v) is 11.7. The Hall–Kier alpha value is -0.420. The first kappa shape index (κ1) is 14.6. The summed E-state index contributed by atoms with van der Waals surface area (Å²) in [4.78, 5) is 11.7. The third-order valence-corrected chi connectivity index (χ3v) is 3.76. The summed E-state index contributed by atoms with van der Waals surface area (Å²) in [6.45, 7) is 5.66. The largest absolute Gasteiger partial charge is 0.444 e. The number of aliphatic hydroxyl groups is 1. The van der Waals surface area contributed by atoms with Crippen LogP contribution in [0.15, 0.2) is 0 Å². The van der Waals surface area contributed by atoms with Gasteiger partial charge in [0.2, 0.25) is 0 Å². The molecule has 0 radical (unpaired) electrons. The Balaban J connectivity index is 2.49. The molecule has 100 valence electrons. The molecule has 0 saturated carbocycles. The first-order valence-corrected chi connectivity index (χ1v) is 7.26. The van der Waals surface area contributed by atoms with E-state index in [1.54, 1.807) is 0 Å². The van der Waals surface area contributed by atoms with Crippen molar-refractivity contribution in [3.63, 3.8) is 0 Å². The molecule has 1 aliphatic rings. The first-order valence-electron chi connectivity index (χ1n) is 6.10. The summed E-state index contributed by atoms with van der Waals surface area (Å²) in [7, 11) is 0. The van der Waals surface area contributed by atoms with Crippen molar-refractivity contribution in [3.8, 4) is 0 Å². The molecule has 1 fully saturated rings. The average Bonchev–Trinajstić information content (AvgIpc) is 2.39. The Bertz CT molecular complexity index is 253. The topological polar surface area (TPSA) is 58.6 Å². The van der Waals surface area contributed by atoms with Gasteiger partial charge >= 0.3 is 6.09 Å². The molecule has 2 atom stereocenters. The Morgan fingerprint density at radius 1 is 1.41 bits per heavy atom. The molecule has 0 aromatic rings. The van der Waals surface area contributed by atoms with Gasteiger partial charge in [-0.25, -0.2) is 4.79 Å². The van der Waals surface area contributed by atoms with Gasteiger partial charge in [0.05, 0.1) is 0 Å². The molecule has 0 aromatic heterocycles. The second kappa shape index (κ2) is 6.50. The molecule has 1 amide bonds. The summed E-state index contributed by atoms with van der Waals surface area (Å²) in [5.41, 5.74) is -0.474. The quantitative estimate of drug-likeness (QED) is 0.798. The Kier molecular flexibility index (Phi) is 5.59. The van der Waals surface area contributed by atoms with Gasteiger partial charge in [0.1, 0.15) is 5.60 Å². The maximum Gasteiger partial charge on any atom is 0.407 e. The van der Waals surface area contributed by atoms with E-state index in [1.807, 2.05) is 32.5 Å². The van der Waals surface area contributed by atoms with Gasteiger partial charge in [0, 0.05) is 18.6 Å². The van der Waals surface area contributed by atoms with Gasteiger partial charge < -0.3 is 15.2 Å². The van der Waals surface area contributed by atoms with Crippen molar-refractivity contribution in [1.82, 2.24) is 5.32 Å². The number of amides is 1. The van der Waals surface area contributed by atoms with E-state index >= 15 is 0 Å². The maximum atomic E-state index is 11.7. The number of alkyl carbamates (subject to hydrolysis) is 1. The van der Waals surface area contributed by atoms with Crippen molar-refractivity contribution >= 4 is 17.9 Å². The third kappa shape index (κ3) is 5.64. The SMILES string of the molecule is CC(C)(C)OC(=O)N[C@@H]1CCSCC[C@H]1CO. The molecular formula is C12H23NO3S. The van der Waals surface area contributed by atoms with Gasteiger partial charge in [0.25, 0.3) is 0 Å². The Labute approximate surface area is 107 Å². The van der Waals surface area contributed by atoms with Crippen molar-refractivity contribution in [2.24, 2.45) is 5.92 Å². The molecule has 1 saturated heterocycles. The minimum absolute atomic E-state index is 0.0323. The van der Waals surface area contributed by atoms with Crippen LogP contribution in [0, 0.1) is 5.92 Å². The zero-order valence-electron chi connectivity index (χ0n) is 10.9. The lowest BCUT2D eigenvalue weighted by atomic mass is 9.96. The second-order valence-electron chi connectivity index (χ2n) is 5.39. The van der Waals surface area contributed by atoms with Crippen LogP contribution in [0.5, 0.6) is 0 Å². The first-order chi connectivity index (χ1) is 7.92. The molecule has 1 heterocycles. The lowest BCUT2D eigenvalue weighted by Gasteiger charge is -2.26. The molecule has 0 aliphatic carbocycles. The van der Waals surface area contributed by atoms with E-state index in [9.17, 15) is 9.90 Å². The number of hydrogen-bond acceptors (Lipinski definition) is 4. The maximum absolute atomic E-state index is 11.7. The molecule has 1 aliphatic heterocycles. The summed E-state index contributed by atoms with van der Waals surface area (Å²) < 4.78 is 5.24. The van der Waals surface area contributed by atoms with E-state index in [0.717, 1.165) is 24.3 Å². The molecule has 0 spiro atoms. The highest BCUT2D eigenvalue weighted by molar-refractivity contribution is 7.99. The highest BCUT2D eigenvalue weighted by atomic mass is 32.2. The lowest BCUT2D eigenvalue weighted by molar-refractivity contribution is 0.0469. The van der Waals surface area contributed by atoms with Crippen LogP contribution in [-0.4, -0.2) is 41.0 Å². The molecule has 4 nitrogen and oxygen atoms in total. The molecule has 0 bridgehead atoms. The van der Waals surface area contributed by atoms with Crippen molar-refractivity contribution in [3.05, 3.63) is 0 Å². The molecule has 0 aromatic carbocycles. The summed E-state index contributed by atoms with van der Waals surface area (Å²) >= 11 is 1.88. The number of nitrogens with one attached hydrogen (secondary N) is 1. The fourth-order valence-corrected chi connectivity index (χ4v) is 2.95. The number of carbonyl (C=O) groups is 1. The van der Waals surface area contributed by atoms with Gasteiger partial charge in [0.15, 0.2) is 0 Å². The van der Waals surface area contributed by atoms with Crippen LogP contribution in [0.2, 0.25) is 0 Å². The van der Waals surface area contributed by atoms with Crippen LogP contribution in [-0.2, 0) is 4.74 Å². The predicted octanol–water partition coefficient (Wildman–Crippen LogP) is 2.02. The van der Waals surface area contributed by atoms with Crippen LogP contribution >= 0.6 is 11.8 Å². The van der Waals surface area contributed by atoms with E-state index < -0.39 is 5.60 Å². The highest BCUT2D eigenvalue weighted by Crippen LogP contribution is 2.22. The van der Waals surface area contributed by atoms with E-state index in [0.29, 0.717) is 0 Å². The summed E-state index contributed by atoms with van der Waals surface area (Å²) in [5, 5.41) is 12.2. The van der Waals surface area contributed by atoms with E-state index in [-0.39, 0.29) is 24.7 Å². The predicted molar refractivity (Wildman–Crippen MR) is 70.3 cm³/mol. The number of ether oxygens (including phenoxy) is 1. The fraction of sp³-hybridized carbons (Fsp3) is 0.917. The molecule has 1 rings (SSSR count). The average molecular weight is 261 g/mol. The van der Waals surface area contributed by atoms with E-state index in [1.165, 1.54) is 0 Å². The van der Waals surface area contributed by atoms with Crippen LogP contribution in [0.3, 0.4) is 0 Å². The summed E-state index contributed by atoms with van der Waals surface area (Å²) in [5.74, 6) is 2.23. The Morgan fingerprint density at radius 2 is 2.06 bits per heavy atom. The number of rotatable bonds is 2. The number of aliphatic hydroxyl groups excluding tert-OH is 1. The summed E-state index contributed by atoms with van der Waals surface area (Å²) in [6, 6.07) is 0.0323. The Morgan fingerprint density at radius 3 is 2.65 bits per heavy atom. The summed E-state index contributed by atoms with van der Waals surface area (Å²) in [6.07, 6.45) is 1.46. The van der Waals surface area contributed by atoms with E-state index in [4.69, 9.17) is 4.74 Å². The fourth-order valence-electron chi connectivity index (χ4n) is 1.85. The lowest BCUT2D eigenvalue weighted by Crippen LogP contribution is -2.44. The zero-order chi connectivity index (χ0) is 12.9. The van der Waals surface area contributed by atoms with Gasteiger partial charge in [-0.15, -0.1) is 0 Å². The standard InChI is InChI=1S/C12H23NO3S/c1-12(2,3)16-11(15)13-10-5-7-17-6-4-9(10)8-14/h9-10,14H,4-8H2,1-3H3,(H,13,15)/t9-,10+/m0/s1. The van der Waals surface area contributed by atoms with Gasteiger partial charge in [-0.2, -0.15) is 11.8 Å². The minimum atomic E-state index is -0.474. The molecule has 5 heteroatoms. The minimum Gasteiger partial charge on any atom is -0.444 e. The van der Waals surface area contributed by atoms with Crippen LogP contribution in [0.25, 0.3) is 0 Å². The van der Waals surface area contributed by atoms with Crippen molar-refractivity contribution in [1.29, 1.82) is 0 Å². The smallest absolute Gasteiger partial charge is 0.407 e. The van der Waals surface area contributed by atoms with Crippen LogP contribution < -0.4 is 5.32 Å². The molecule has 17 heavy (non-hydrogen) atoms. The molecule has 0 unspecified atom stereocenters. The number of thioether (sulfide) groups is 1. The monoisotopic (exact) mass is 261 g/mol. The normalized spacial score (nSPS) is 26.1. The highest BCUT2D eigenvalue weighted by Gasteiger charge is 2.26.